The number of hydrogen-bond acceptors (Lipinski definition) is 9. The van der Waals surface area contributed by atoms with Gasteiger partial charge in [0.2, 0.25) is 5.88 Å². The normalized spacial score (nSPS) is 15.1. The summed E-state index contributed by atoms with van der Waals surface area (Å²) in [6, 6.07) is 4.89. The molecule has 0 atom stereocenters. The molecule has 0 amide bonds. The highest BCUT2D eigenvalue weighted by atomic mass is 35.5. The summed E-state index contributed by atoms with van der Waals surface area (Å²) < 4.78 is 16.8. The third-order valence-corrected chi connectivity index (χ3v) is 5.39. The van der Waals surface area contributed by atoms with Crippen LogP contribution in [-0.4, -0.2) is 64.6 Å². The Kier molecular flexibility index (Phi) is 5.77. The summed E-state index contributed by atoms with van der Waals surface area (Å²) in [5.41, 5.74) is 0.404. The van der Waals surface area contributed by atoms with E-state index in [1.807, 2.05) is 6.92 Å². The maximum Gasteiger partial charge on any atom is 0.300 e. The van der Waals surface area contributed by atoms with Crippen LogP contribution >= 0.6 is 22.9 Å². The number of rotatable bonds is 6. The van der Waals surface area contributed by atoms with Gasteiger partial charge in [0.05, 0.1) is 13.2 Å². The molecule has 4 rings (SSSR count). The average Bonchev–Trinajstić information content (AvgIpc) is 3.09. The van der Waals surface area contributed by atoms with Crippen molar-refractivity contribution in [2.75, 3.05) is 39.5 Å². The highest BCUT2D eigenvalue weighted by Gasteiger charge is 2.16. The molecule has 0 bridgehead atoms. The first-order valence-corrected chi connectivity index (χ1v) is 10.0. The van der Waals surface area contributed by atoms with Crippen LogP contribution in [0, 0.1) is 6.92 Å². The van der Waals surface area contributed by atoms with E-state index < -0.39 is 0 Å². The zero-order chi connectivity index (χ0) is 19.5. The zero-order valence-corrected chi connectivity index (χ0v) is 16.8. The summed E-state index contributed by atoms with van der Waals surface area (Å²) >= 11 is 7.79. The molecule has 0 aliphatic carbocycles. The molecule has 0 radical (unpaired) electrons. The van der Waals surface area contributed by atoms with Crippen LogP contribution in [0.2, 0.25) is 5.02 Å². The fourth-order valence-electron chi connectivity index (χ4n) is 2.88. The van der Waals surface area contributed by atoms with Gasteiger partial charge in [0.25, 0.3) is 0 Å². The number of halogens is 1. The van der Waals surface area contributed by atoms with E-state index in [0.29, 0.717) is 33.5 Å². The fourth-order valence-corrected chi connectivity index (χ4v) is 3.69. The van der Waals surface area contributed by atoms with Crippen LogP contribution < -0.4 is 9.47 Å². The van der Waals surface area contributed by atoms with E-state index in [4.69, 9.17) is 25.8 Å². The van der Waals surface area contributed by atoms with E-state index in [1.165, 1.54) is 17.4 Å². The van der Waals surface area contributed by atoms with Gasteiger partial charge in [-0.3, -0.25) is 4.90 Å². The Labute approximate surface area is 170 Å². The Morgan fingerprint density at radius 1 is 1.29 bits per heavy atom. The van der Waals surface area contributed by atoms with Crippen LogP contribution in [0.4, 0.5) is 0 Å². The molecule has 148 valence electrons. The van der Waals surface area contributed by atoms with Crippen molar-refractivity contribution in [1.82, 2.24) is 20.1 Å². The van der Waals surface area contributed by atoms with Gasteiger partial charge in [-0.25, -0.2) is 4.98 Å². The minimum atomic E-state index is 0.0167. The summed E-state index contributed by atoms with van der Waals surface area (Å²) in [7, 11) is 0. The third kappa shape index (κ3) is 4.27. The quantitative estimate of drug-likeness (QED) is 0.647. The highest BCUT2D eigenvalue weighted by Crippen LogP contribution is 2.38. The molecule has 10 heteroatoms. The second kappa shape index (κ2) is 8.44. The van der Waals surface area contributed by atoms with E-state index in [-0.39, 0.29) is 11.6 Å². The Morgan fingerprint density at radius 3 is 2.86 bits per heavy atom. The number of benzene rings is 1. The molecule has 1 saturated heterocycles. The van der Waals surface area contributed by atoms with Gasteiger partial charge < -0.3 is 19.3 Å². The number of pyridine rings is 1. The minimum absolute atomic E-state index is 0.0167. The van der Waals surface area contributed by atoms with Gasteiger partial charge in [-0.15, -0.1) is 5.10 Å². The standard InChI is InChI=1S/C18H19ClN4O4S/c1-11-21-22-18(28-11)27-15-10-13(24)12-2-3-14(16(19)17(12)20-15)26-9-6-23-4-7-25-8-5-23/h2-3,10H,4-9H2,1H3,(H,20,24). The van der Waals surface area contributed by atoms with E-state index in [0.717, 1.165) is 37.9 Å². The topological polar surface area (TPSA) is 89.8 Å². The lowest BCUT2D eigenvalue weighted by Crippen LogP contribution is -2.38. The van der Waals surface area contributed by atoms with Crippen molar-refractivity contribution in [3.8, 4) is 22.6 Å². The molecule has 8 nitrogen and oxygen atoms in total. The monoisotopic (exact) mass is 422 g/mol. The Morgan fingerprint density at radius 2 is 2.11 bits per heavy atom. The molecule has 1 aliphatic heterocycles. The number of aromatic nitrogens is 3. The molecule has 3 heterocycles. The summed E-state index contributed by atoms with van der Waals surface area (Å²) in [6.45, 7) is 6.40. The Bertz CT molecular complexity index is 978. The molecule has 3 aromatic rings. The lowest BCUT2D eigenvalue weighted by molar-refractivity contribution is 0.0322. The zero-order valence-electron chi connectivity index (χ0n) is 15.2. The molecule has 1 fully saturated rings. The van der Waals surface area contributed by atoms with Gasteiger partial charge in [-0.05, 0) is 19.1 Å². The minimum Gasteiger partial charge on any atom is -0.507 e. The fraction of sp³-hybridized carbons (Fsp3) is 0.389. The van der Waals surface area contributed by atoms with Crippen LogP contribution in [0.1, 0.15) is 5.01 Å². The molecule has 1 N–H and O–H groups in total. The van der Waals surface area contributed by atoms with Crippen molar-refractivity contribution < 1.29 is 19.3 Å². The Balaban J connectivity index is 1.52. The van der Waals surface area contributed by atoms with Crippen molar-refractivity contribution in [2.45, 2.75) is 6.92 Å². The van der Waals surface area contributed by atoms with Gasteiger partial charge in [-0.1, -0.05) is 28.0 Å². The first-order valence-electron chi connectivity index (χ1n) is 8.83. The van der Waals surface area contributed by atoms with E-state index in [2.05, 4.69) is 20.1 Å². The number of hydrogen-bond donors (Lipinski definition) is 1. The summed E-state index contributed by atoms with van der Waals surface area (Å²) in [6.07, 6.45) is 0. The third-order valence-electron chi connectivity index (χ3n) is 4.31. The Hall–Kier alpha value is -2.20. The predicted molar refractivity (Wildman–Crippen MR) is 106 cm³/mol. The van der Waals surface area contributed by atoms with Crippen molar-refractivity contribution in [3.63, 3.8) is 0 Å². The summed E-state index contributed by atoms with van der Waals surface area (Å²) in [5, 5.41) is 20.1. The highest BCUT2D eigenvalue weighted by molar-refractivity contribution is 7.13. The molecule has 1 aliphatic rings. The largest absolute Gasteiger partial charge is 0.507 e. The maximum absolute atomic E-state index is 10.3. The number of nitrogens with zero attached hydrogens (tertiary/aromatic N) is 4. The van der Waals surface area contributed by atoms with Crippen molar-refractivity contribution in [3.05, 3.63) is 28.2 Å². The van der Waals surface area contributed by atoms with Gasteiger partial charge in [0.1, 0.15) is 33.7 Å². The first kappa shape index (κ1) is 19.1. The molecule has 2 aromatic heterocycles. The number of aromatic hydroxyl groups is 1. The van der Waals surface area contributed by atoms with Crippen LogP contribution in [0.15, 0.2) is 18.2 Å². The average molecular weight is 423 g/mol. The second-order valence-corrected chi connectivity index (χ2v) is 7.77. The van der Waals surface area contributed by atoms with Crippen LogP contribution in [0.3, 0.4) is 0 Å². The molecular formula is C18H19ClN4O4S. The smallest absolute Gasteiger partial charge is 0.300 e. The second-order valence-electron chi connectivity index (χ2n) is 6.24. The summed E-state index contributed by atoms with van der Waals surface area (Å²) in [5.74, 6) is 0.717. The van der Waals surface area contributed by atoms with Gasteiger partial charge in [0.15, 0.2) is 0 Å². The van der Waals surface area contributed by atoms with E-state index >= 15 is 0 Å². The lowest BCUT2D eigenvalue weighted by Gasteiger charge is -2.26. The molecule has 28 heavy (non-hydrogen) atoms. The number of ether oxygens (including phenoxy) is 3. The van der Waals surface area contributed by atoms with Crippen molar-refractivity contribution >= 4 is 33.8 Å². The van der Waals surface area contributed by atoms with Crippen molar-refractivity contribution in [1.29, 1.82) is 0 Å². The number of aryl methyl sites for hydroxylation is 1. The van der Waals surface area contributed by atoms with E-state index in [9.17, 15) is 5.11 Å². The van der Waals surface area contributed by atoms with Gasteiger partial charge in [-0.2, -0.15) is 0 Å². The molecule has 0 spiro atoms. The van der Waals surface area contributed by atoms with Crippen LogP contribution in [-0.2, 0) is 4.74 Å². The first-order chi connectivity index (χ1) is 13.6. The molecule has 1 aromatic carbocycles. The predicted octanol–water partition coefficient (Wildman–Crippen LogP) is 3.26. The SMILES string of the molecule is Cc1nnc(Oc2cc(O)c3ccc(OCCN4CCOCC4)c(Cl)c3n2)s1. The summed E-state index contributed by atoms with van der Waals surface area (Å²) in [4.78, 5) is 6.69. The lowest BCUT2D eigenvalue weighted by atomic mass is 10.2. The van der Waals surface area contributed by atoms with Crippen LogP contribution in [0.5, 0.6) is 22.6 Å². The van der Waals surface area contributed by atoms with Crippen molar-refractivity contribution in [2.24, 2.45) is 0 Å². The molecule has 0 saturated carbocycles. The van der Waals surface area contributed by atoms with Gasteiger partial charge >= 0.3 is 5.19 Å². The number of morpholine rings is 1. The molecule has 0 unspecified atom stereocenters. The maximum atomic E-state index is 10.3. The molecular weight excluding hydrogens is 404 g/mol. The van der Waals surface area contributed by atoms with E-state index in [1.54, 1.807) is 12.1 Å². The van der Waals surface area contributed by atoms with Gasteiger partial charge in [0, 0.05) is 31.1 Å². The number of fused-ring (bicyclic) bond motifs is 1. The van der Waals surface area contributed by atoms with Crippen LogP contribution in [0.25, 0.3) is 10.9 Å².